The fourth-order valence-electron chi connectivity index (χ4n) is 3.19. The number of halogens is 1. The van der Waals surface area contributed by atoms with Gasteiger partial charge in [-0.05, 0) is 47.9 Å². The highest BCUT2D eigenvalue weighted by atomic mass is 32.1. The largest absolute Gasteiger partial charge is 0.493 e. The minimum atomic E-state index is -0.287. The van der Waals surface area contributed by atoms with Crippen LogP contribution in [0.15, 0.2) is 72.8 Å². The molecule has 0 unspecified atom stereocenters. The number of amides is 1. The van der Waals surface area contributed by atoms with Gasteiger partial charge in [-0.25, -0.2) is 4.39 Å². The maximum absolute atomic E-state index is 13.1. The minimum Gasteiger partial charge on any atom is -0.493 e. The van der Waals surface area contributed by atoms with Crippen molar-refractivity contribution in [2.75, 3.05) is 13.7 Å². The molecule has 0 aliphatic carbocycles. The molecule has 3 aromatic carbocycles. The molecule has 0 aliphatic heterocycles. The van der Waals surface area contributed by atoms with Gasteiger partial charge in [0.2, 0.25) is 0 Å². The highest BCUT2D eigenvalue weighted by Crippen LogP contribution is 2.33. The quantitative estimate of drug-likeness (QED) is 0.376. The lowest BCUT2D eigenvalue weighted by molar-refractivity contribution is 0.0953. The summed E-state index contributed by atoms with van der Waals surface area (Å²) in [6.45, 7) is 0.522. The van der Waals surface area contributed by atoms with Crippen LogP contribution in [0, 0.1) is 5.82 Å². The average molecular weight is 464 g/mol. The van der Waals surface area contributed by atoms with Crippen molar-refractivity contribution in [3.05, 3.63) is 101 Å². The number of rotatable bonds is 9. The molecule has 4 aromatic rings. The summed E-state index contributed by atoms with van der Waals surface area (Å²) in [4.78, 5) is 17.0. The molecular formula is C25H22FN3O3S. The van der Waals surface area contributed by atoms with E-state index in [-0.39, 0.29) is 11.7 Å². The molecule has 33 heavy (non-hydrogen) atoms. The highest BCUT2D eigenvalue weighted by molar-refractivity contribution is 7.07. The molecule has 0 aliphatic rings. The summed E-state index contributed by atoms with van der Waals surface area (Å²) in [7, 11) is 1.53. The van der Waals surface area contributed by atoms with Gasteiger partial charge in [0.15, 0.2) is 17.3 Å². The topological polar surface area (TPSA) is 73.3 Å². The van der Waals surface area contributed by atoms with Gasteiger partial charge >= 0.3 is 0 Å². The molecule has 0 saturated carbocycles. The van der Waals surface area contributed by atoms with E-state index in [9.17, 15) is 9.18 Å². The summed E-state index contributed by atoms with van der Waals surface area (Å²) in [5.74, 6) is 0.928. The van der Waals surface area contributed by atoms with E-state index in [1.165, 1.54) is 19.2 Å². The van der Waals surface area contributed by atoms with Gasteiger partial charge < -0.3 is 14.8 Å². The van der Waals surface area contributed by atoms with Gasteiger partial charge in [-0.3, -0.25) is 4.79 Å². The first kappa shape index (κ1) is 22.4. The van der Waals surface area contributed by atoms with Gasteiger partial charge in [-0.2, -0.15) is 9.36 Å². The highest BCUT2D eigenvalue weighted by Gasteiger charge is 2.14. The third-order valence-corrected chi connectivity index (χ3v) is 5.52. The van der Waals surface area contributed by atoms with Crippen molar-refractivity contribution in [3.63, 3.8) is 0 Å². The Morgan fingerprint density at radius 3 is 2.55 bits per heavy atom. The molecule has 0 fully saturated rings. The van der Waals surface area contributed by atoms with Crippen molar-refractivity contribution in [1.29, 1.82) is 0 Å². The van der Waals surface area contributed by atoms with E-state index in [2.05, 4.69) is 14.7 Å². The molecule has 0 atom stereocenters. The number of carbonyl (C=O) groups excluding carboxylic acids is 1. The van der Waals surface area contributed by atoms with Gasteiger partial charge in [-0.1, -0.05) is 42.5 Å². The number of methoxy groups -OCH3 is 1. The van der Waals surface area contributed by atoms with Crippen LogP contribution >= 0.6 is 11.5 Å². The number of carbonyl (C=O) groups is 1. The lowest BCUT2D eigenvalue weighted by Crippen LogP contribution is -2.25. The Hall–Kier alpha value is -3.78. The number of nitrogens with one attached hydrogen (secondary N) is 1. The van der Waals surface area contributed by atoms with Crippen molar-refractivity contribution in [1.82, 2.24) is 14.7 Å². The standard InChI is InChI=1S/C25H22FN3O3S/c1-31-21-12-9-19(24(30)27-14-13-17-5-3-2-4-6-17)16-22(21)32-25-28-23(29-33-25)15-18-7-10-20(26)11-8-18/h2-12,16H,13-15H2,1H3,(H,27,30). The van der Waals surface area contributed by atoms with Crippen LogP contribution in [-0.2, 0) is 12.8 Å². The van der Waals surface area contributed by atoms with E-state index in [0.717, 1.165) is 29.1 Å². The number of benzene rings is 3. The summed E-state index contributed by atoms with van der Waals surface area (Å²) < 4.78 is 28.6. The Labute approximate surface area is 195 Å². The Morgan fingerprint density at radius 2 is 1.79 bits per heavy atom. The average Bonchev–Trinajstić information content (AvgIpc) is 3.27. The summed E-state index contributed by atoms with van der Waals surface area (Å²) in [6, 6.07) is 21.1. The zero-order valence-corrected chi connectivity index (χ0v) is 18.8. The second-order valence-corrected chi connectivity index (χ2v) is 7.95. The number of aromatic nitrogens is 2. The summed E-state index contributed by atoms with van der Waals surface area (Å²) in [6.07, 6.45) is 1.20. The Kier molecular flexibility index (Phi) is 7.26. The zero-order chi connectivity index (χ0) is 23.0. The number of nitrogens with zero attached hydrogens (tertiary/aromatic N) is 2. The van der Waals surface area contributed by atoms with E-state index in [1.807, 2.05) is 30.3 Å². The van der Waals surface area contributed by atoms with Crippen LogP contribution in [0.2, 0.25) is 0 Å². The molecule has 168 valence electrons. The lowest BCUT2D eigenvalue weighted by Gasteiger charge is -2.10. The molecule has 1 aromatic heterocycles. The van der Waals surface area contributed by atoms with E-state index in [0.29, 0.717) is 41.0 Å². The molecule has 1 heterocycles. The van der Waals surface area contributed by atoms with Crippen LogP contribution < -0.4 is 14.8 Å². The predicted octanol–water partition coefficient (Wildman–Crippen LogP) is 5.04. The van der Waals surface area contributed by atoms with Crippen molar-refractivity contribution in [2.24, 2.45) is 0 Å². The van der Waals surface area contributed by atoms with Crippen LogP contribution in [0.25, 0.3) is 0 Å². The van der Waals surface area contributed by atoms with E-state index >= 15 is 0 Å². The fraction of sp³-hybridized carbons (Fsp3) is 0.160. The molecule has 1 amide bonds. The predicted molar refractivity (Wildman–Crippen MR) is 125 cm³/mol. The number of hydrogen-bond donors (Lipinski definition) is 1. The number of ether oxygens (including phenoxy) is 2. The van der Waals surface area contributed by atoms with Crippen molar-refractivity contribution >= 4 is 17.4 Å². The Morgan fingerprint density at radius 1 is 1.00 bits per heavy atom. The first-order valence-corrected chi connectivity index (χ1v) is 11.1. The van der Waals surface area contributed by atoms with Gasteiger partial charge in [-0.15, -0.1) is 0 Å². The molecule has 0 spiro atoms. The van der Waals surface area contributed by atoms with Gasteiger partial charge in [0.1, 0.15) is 5.82 Å². The SMILES string of the molecule is COc1ccc(C(=O)NCCc2ccccc2)cc1Oc1nc(Cc2ccc(F)cc2)ns1. The molecule has 0 saturated heterocycles. The molecule has 8 heteroatoms. The Bertz CT molecular complexity index is 1210. The van der Waals surface area contributed by atoms with Crippen molar-refractivity contribution < 1.29 is 18.7 Å². The van der Waals surface area contributed by atoms with Gasteiger partial charge in [0.25, 0.3) is 11.1 Å². The maximum Gasteiger partial charge on any atom is 0.298 e. The second kappa shape index (κ2) is 10.7. The minimum absolute atomic E-state index is 0.201. The van der Waals surface area contributed by atoms with Crippen molar-refractivity contribution in [3.8, 4) is 16.7 Å². The van der Waals surface area contributed by atoms with E-state index < -0.39 is 0 Å². The fourth-order valence-corrected chi connectivity index (χ4v) is 3.76. The Balaban J connectivity index is 1.41. The van der Waals surface area contributed by atoms with Crippen LogP contribution in [0.1, 0.15) is 27.3 Å². The van der Waals surface area contributed by atoms with Crippen LogP contribution in [-0.4, -0.2) is 28.9 Å². The first-order valence-electron chi connectivity index (χ1n) is 10.4. The van der Waals surface area contributed by atoms with E-state index in [4.69, 9.17) is 9.47 Å². The molecule has 1 N–H and O–H groups in total. The van der Waals surface area contributed by atoms with Gasteiger partial charge in [0.05, 0.1) is 7.11 Å². The van der Waals surface area contributed by atoms with Crippen LogP contribution in [0.4, 0.5) is 4.39 Å². The number of hydrogen-bond acceptors (Lipinski definition) is 6. The third kappa shape index (κ3) is 6.14. The monoisotopic (exact) mass is 463 g/mol. The summed E-state index contributed by atoms with van der Waals surface area (Å²) in [5.41, 5.74) is 2.51. The summed E-state index contributed by atoms with van der Waals surface area (Å²) in [5, 5.41) is 3.25. The van der Waals surface area contributed by atoms with Crippen LogP contribution in [0.3, 0.4) is 0 Å². The smallest absolute Gasteiger partial charge is 0.298 e. The maximum atomic E-state index is 13.1. The normalized spacial score (nSPS) is 10.6. The van der Waals surface area contributed by atoms with Gasteiger partial charge in [0, 0.05) is 30.1 Å². The van der Waals surface area contributed by atoms with Crippen LogP contribution in [0.5, 0.6) is 16.7 Å². The lowest BCUT2D eigenvalue weighted by atomic mass is 10.1. The summed E-state index contributed by atoms with van der Waals surface area (Å²) >= 11 is 1.10. The second-order valence-electron chi connectivity index (χ2n) is 7.24. The van der Waals surface area contributed by atoms with E-state index in [1.54, 1.807) is 30.3 Å². The third-order valence-electron chi connectivity index (χ3n) is 4.89. The first-order chi connectivity index (χ1) is 16.1. The molecular weight excluding hydrogens is 441 g/mol. The molecule has 4 rings (SSSR count). The molecule has 0 bridgehead atoms. The molecule has 0 radical (unpaired) electrons. The van der Waals surface area contributed by atoms with Crippen molar-refractivity contribution in [2.45, 2.75) is 12.8 Å². The molecule has 6 nitrogen and oxygen atoms in total. The zero-order valence-electron chi connectivity index (χ0n) is 18.0.